The van der Waals surface area contributed by atoms with Gasteiger partial charge in [-0.1, -0.05) is 25.7 Å². The summed E-state index contributed by atoms with van der Waals surface area (Å²) in [6.45, 7) is 0. The first-order valence-corrected chi connectivity index (χ1v) is 17.9. The molecular formula is C27H52P2+2. The van der Waals surface area contributed by atoms with Crippen LogP contribution < -0.4 is 0 Å². The second-order valence-electron chi connectivity index (χ2n) is 11.3. The lowest BCUT2D eigenvalue weighted by molar-refractivity contribution is 0.482. The van der Waals surface area contributed by atoms with Crippen LogP contribution in [0.5, 0.6) is 0 Å². The van der Waals surface area contributed by atoms with Crippen LogP contribution in [0.25, 0.3) is 0 Å². The summed E-state index contributed by atoms with van der Waals surface area (Å²) in [4.78, 5) is 0. The molecule has 4 saturated carbocycles. The van der Waals surface area contributed by atoms with Crippen LogP contribution in [0.15, 0.2) is 0 Å². The first-order valence-electron chi connectivity index (χ1n) is 14.1. The van der Waals surface area contributed by atoms with Gasteiger partial charge in [0.15, 0.2) is 0 Å². The van der Waals surface area contributed by atoms with Gasteiger partial charge in [-0.15, -0.1) is 0 Å². The topological polar surface area (TPSA) is 0 Å². The molecule has 4 aliphatic carbocycles. The third-order valence-corrected chi connectivity index (χ3v) is 17.8. The third-order valence-electron chi connectivity index (χ3n) is 9.45. The first kappa shape index (κ1) is 23.0. The summed E-state index contributed by atoms with van der Waals surface area (Å²) in [7, 11) is -0.170. The lowest BCUT2D eigenvalue weighted by Gasteiger charge is -2.34. The third kappa shape index (κ3) is 6.92. The fourth-order valence-electron chi connectivity index (χ4n) is 7.87. The summed E-state index contributed by atoms with van der Waals surface area (Å²) in [5, 5.41) is 0. The van der Waals surface area contributed by atoms with Gasteiger partial charge in [-0.2, -0.15) is 0 Å². The molecule has 0 heterocycles. The van der Waals surface area contributed by atoms with Crippen LogP contribution >= 0.6 is 15.8 Å². The Morgan fingerprint density at radius 3 is 0.828 bits per heavy atom. The van der Waals surface area contributed by atoms with E-state index in [4.69, 9.17) is 0 Å². The van der Waals surface area contributed by atoms with Crippen molar-refractivity contribution in [3.05, 3.63) is 0 Å². The molecule has 0 amide bonds. The van der Waals surface area contributed by atoms with E-state index in [1.54, 1.807) is 147 Å². The van der Waals surface area contributed by atoms with Gasteiger partial charge in [0, 0.05) is 22.3 Å². The molecular weight excluding hydrogens is 386 g/mol. The quantitative estimate of drug-likeness (QED) is 0.331. The Morgan fingerprint density at radius 1 is 0.345 bits per heavy atom. The molecule has 4 fully saturated rings. The molecule has 0 aromatic rings. The highest BCUT2D eigenvalue weighted by atomic mass is 31.1. The zero-order chi connectivity index (χ0) is 19.7. The van der Waals surface area contributed by atoms with Crippen molar-refractivity contribution in [2.75, 3.05) is 12.3 Å². The fraction of sp³-hybridized carbons (Fsp3) is 1.00. The minimum atomic E-state index is -0.0851. The Hall–Kier alpha value is 0.860. The minimum absolute atomic E-state index is 0.0851. The monoisotopic (exact) mass is 438 g/mol. The van der Waals surface area contributed by atoms with E-state index in [2.05, 4.69) is 0 Å². The molecule has 0 unspecified atom stereocenters. The molecule has 0 aromatic carbocycles. The van der Waals surface area contributed by atoms with E-state index in [-0.39, 0.29) is 15.8 Å². The summed E-state index contributed by atoms with van der Waals surface area (Å²) in [6.07, 6.45) is 37.0. The maximum Gasteiger partial charge on any atom is 0.0678 e. The Bertz CT molecular complexity index is 350. The van der Waals surface area contributed by atoms with Crippen molar-refractivity contribution in [3.63, 3.8) is 0 Å². The maximum absolute atomic E-state index is 1.73. The molecule has 2 heteroatoms. The predicted octanol–water partition coefficient (Wildman–Crippen LogP) is 9.14. The zero-order valence-electron chi connectivity index (χ0n) is 19.6. The molecule has 4 aliphatic rings. The standard InChI is InChI=1S/C27H50P2/c1-5-14-24(15-6-1)28(25-16-7-2-8-17-25)22-13-23-29(26-18-9-3-10-19-26)27-20-11-4-12-21-27/h24-27H,1-23H2/p+2. The van der Waals surface area contributed by atoms with Crippen LogP contribution in [-0.4, -0.2) is 35.0 Å². The summed E-state index contributed by atoms with van der Waals surface area (Å²) < 4.78 is 0. The van der Waals surface area contributed by atoms with Crippen molar-refractivity contribution in [1.82, 2.24) is 0 Å². The van der Waals surface area contributed by atoms with Gasteiger partial charge in [-0.3, -0.25) is 0 Å². The summed E-state index contributed by atoms with van der Waals surface area (Å²) in [5.74, 6) is 0. The molecule has 0 saturated heterocycles. The van der Waals surface area contributed by atoms with Crippen molar-refractivity contribution in [2.45, 2.75) is 157 Å². The Morgan fingerprint density at radius 2 is 0.586 bits per heavy atom. The van der Waals surface area contributed by atoms with Gasteiger partial charge in [0.05, 0.1) is 35.0 Å². The number of hydrogen-bond donors (Lipinski definition) is 0. The van der Waals surface area contributed by atoms with Crippen molar-refractivity contribution >= 4 is 15.8 Å². The summed E-state index contributed by atoms with van der Waals surface area (Å²) in [6, 6.07) is 0. The van der Waals surface area contributed by atoms with E-state index in [0.29, 0.717) is 0 Å². The second kappa shape index (κ2) is 12.8. The molecule has 0 spiro atoms. The van der Waals surface area contributed by atoms with Crippen LogP contribution in [0.3, 0.4) is 0 Å². The van der Waals surface area contributed by atoms with Crippen LogP contribution in [0.4, 0.5) is 0 Å². The second-order valence-corrected chi connectivity index (χ2v) is 17.9. The normalized spacial score (nSPS) is 27.1. The van der Waals surface area contributed by atoms with Gasteiger partial charge in [-0.25, -0.2) is 0 Å². The van der Waals surface area contributed by atoms with Gasteiger partial charge in [0.25, 0.3) is 0 Å². The van der Waals surface area contributed by atoms with Crippen LogP contribution in [0, 0.1) is 0 Å². The molecule has 0 aliphatic heterocycles. The highest BCUT2D eigenvalue weighted by Gasteiger charge is 2.40. The lowest BCUT2D eigenvalue weighted by Crippen LogP contribution is -2.24. The van der Waals surface area contributed by atoms with E-state index in [9.17, 15) is 0 Å². The molecule has 0 aromatic heterocycles. The highest BCUT2D eigenvalue weighted by Crippen LogP contribution is 2.59. The van der Waals surface area contributed by atoms with E-state index >= 15 is 0 Å². The number of hydrogen-bond acceptors (Lipinski definition) is 0. The van der Waals surface area contributed by atoms with Gasteiger partial charge in [-0.05, 0) is 103 Å². The molecule has 168 valence electrons. The average Bonchev–Trinajstić information content (AvgIpc) is 2.81. The van der Waals surface area contributed by atoms with Crippen LogP contribution in [-0.2, 0) is 0 Å². The average molecular weight is 439 g/mol. The van der Waals surface area contributed by atoms with Gasteiger partial charge in [0.1, 0.15) is 0 Å². The molecule has 0 nitrogen and oxygen atoms in total. The molecule has 0 radical (unpaired) electrons. The molecule has 0 atom stereocenters. The van der Waals surface area contributed by atoms with Crippen LogP contribution in [0.2, 0.25) is 0 Å². The highest BCUT2D eigenvalue weighted by molar-refractivity contribution is 7.60. The van der Waals surface area contributed by atoms with E-state index in [1.165, 1.54) is 22.6 Å². The largest absolute Gasteiger partial charge is 0.0678 e. The van der Waals surface area contributed by atoms with Gasteiger partial charge >= 0.3 is 0 Å². The zero-order valence-corrected chi connectivity index (χ0v) is 21.6. The van der Waals surface area contributed by atoms with Crippen LogP contribution in [0.1, 0.15) is 135 Å². The molecule has 4 rings (SSSR count). The summed E-state index contributed by atoms with van der Waals surface area (Å²) >= 11 is 0. The molecule has 0 bridgehead atoms. The Balaban J connectivity index is 1.34. The smallest absolute Gasteiger partial charge is 0.0530 e. The Labute approximate surface area is 185 Å². The van der Waals surface area contributed by atoms with Crippen molar-refractivity contribution < 1.29 is 0 Å². The lowest BCUT2D eigenvalue weighted by atomic mass is 9.99. The van der Waals surface area contributed by atoms with Gasteiger partial charge < -0.3 is 0 Å². The van der Waals surface area contributed by atoms with Crippen molar-refractivity contribution in [3.8, 4) is 0 Å². The van der Waals surface area contributed by atoms with E-state index in [0.717, 1.165) is 0 Å². The number of rotatable bonds is 8. The SMILES string of the molecule is C1CCC([PH+](CCC[PH+](C2CCCCC2)C2CCCCC2)C2CCCCC2)CC1. The molecule has 0 N–H and O–H groups in total. The fourth-order valence-corrected chi connectivity index (χ4v) is 17.0. The minimum Gasteiger partial charge on any atom is -0.0530 e. The van der Waals surface area contributed by atoms with E-state index in [1.807, 2.05) is 0 Å². The first-order chi connectivity index (χ1) is 14.4. The van der Waals surface area contributed by atoms with Gasteiger partial charge in [0.2, 0.25) is 0 Å². The predicted molar refractivity (Wildman–Crippen MR) is 138 cm³/mol. The Kier molecular flexibility index (Phi) is 10.2. The summed E-state index contributed by atoms with van der Waals surface area (Å²) in [5.41, 5.74) is 4.88. The van der Waals surface area contributed by atoms with E-state index < -0.39 is 0 Å². The molecule has 29 heavy (non-hydrogen) atoms. The van der Waals surface area contributed by atoms with Crippen molar-refractivity contribution in [2.24, 2.45) is 0 Å². The maximum atomic E-state index is 1.73. The van der Waals surface area contributed by atoms with Crippen molar-refractivity contribution in [1.29, 1.82) is 0 Å².